The van der Waals surface area contributed by atoms with Crippen molar-refractivity contribution >= 4 is 0 Å². The first-order valence-corrected chi connectivity index (χ1v) is 23.6. The Balaban J connectivity index is 3.80. The summed E-state index contributed by atoms with van der Waals surface area (Å²) in [6, 6.07) is 0. The maximum absolute atomic E-state index is 5.90. The van der Waals surface area contributed by atoms with E-state index in [1.807, 2.05) is 0 Å². The Kier molecular flexibility index (Phi) is 44.9. The predicted octanol–water partition coefficient (Wildman–Crippen LogP) is 13.6. The number of hydrogen-bond acceptors (Lipinski definition) is 4. The van der Waals surface area contributed by atoms with Crippen LogP contribution in [0.4, 0.5) is 0 Å². The van der Waals surface area contributed by atoms with E-state index in [1.54, 1.807) is 0 Å². The summed E-state index contributed by atoms with van der Waals surface area (Å²) in [6.45, 7) is 13.7. The van der Waals surface area contributed by atoms with Crippen LogP contribution in [-0.4, -0.2) is 62.2 Å². The lowest BCUT2D eigenvalue weighted by Crippen LogP contribution is -2.31. The van der Waals surface area contributed by atoms with Crippen molar-refractivity contribution in [3.8, 4) is 0 Å². The van der Waals surface area contributed by atoms with Gasteiger partial charge in [0.1, 0.15) is 0 Å². The van der Waals surface area contributed by atoms with Crippen LogP contribution in [-0.2, 0) is 0 Å². The van der Waals surface area contributed by atoms with Crippen LogP contribution in [0, 0.1) is 0 Å². The zero-order chi connectivity index (χ0) is 36.3. The average Bonchev–Trinajstić information content (AvgIpc) is 3.13. The number of rotatable bonds is 45. The van der Waals surface area contributed by atoms with Gasteiger partial charge in [0.2, 0.25) is 0 Å². The van der Waals surface area contributed by atoms with E-state index in [-0.39, 0.29) is 0 Å². The van der Waals surface area contributed by atoms with E-state index < -0.39 is 0 Å². The van der Waals surface area contributed by atoms with E-state index in [0.717, 1.165) is 25.9 Å². The van der Waals surface area contributed by atoms with Gasteiger partial charge in [0.05, 0.1) is 0 Å². The third-order valence-electron chi connectivity index (χ3n) is 11.2. The summed E-state index contributed by atoms with van der Waals surface area (Å²) in [7, 11) is 0. The standard InChI is InChI=1S/C46H98N4/c1-3-5-7-9-11-13-15-17-19-21-23-25-27-29-31-33-41-49(45-37-39-47)43-35-36-44-50(46-38-40-48)42-34-32-30-28-26-24-22-20-18-16-14-12-10-8-6-4-2/h3-48H2,1-2H3. The fraction of sp³-hybridized carbons (Fsp3) is 1.00. The van der Waals surface area contributed by atoms with Crippen LogP contribution >= 0.6 is 0 Å². The maximum Gasteiger partial charge on any atom is -0.000672 e. The van der Waals surface area contributed by atoms with Crippen molar-refractivity contribution in [2.45, 2.75) is 245 Å². The van der Waals surface area contributed by atoms with Gasteiger partial charge in [-0.3, -0.25) is 0 Å². The molecule has 0 bridgehead atoms. The highest BCUT2D eigenvalue weighted by atomic mass is 15.1. The summed E-state index contributed by atoms with van der Waals surface area (Å²) < 4.78 is 0. The molecule has 0 aromatic rings. The summed E-state index contributed by atoms with van der Waals surface area (Å²) in [6.07, 6.45) is 51.1. The lowest BCUT2D eigenvalue weighted by Gasteiger charge is -2.24. The van der Waals surface area contributed by atoms with E-state index in [4.69, 9.17) is 11.5 Å². The molecule has 4 N–H and O–H groups in total. The van der Waals surface area contributed by atoms with E-state index in [2.05, 4.69) is 23.6 Å². The summed E-state index contributed by atoms with van der Waals surface area (Å²) in [5.41, 5.74) is 11.8. The molecule has 0 saturated heterocycles. The molecule has 50 heavy (non-hydrogen) atoms. The zero-order valence-corrected chi connectivity index (χ0v) is 35.2. The van der Waals surface area contributed by atoms with Gasteiger partial charge in [0.25, 0.3) is 0 Å². The molecule has 0 aromatic heterocycles. The Hall–Kier alpha value is -0.160. The largest absolute Gasteiger partial charge is 0.330 e. The van der Waals surface area contributed by atoms with Gasteiger partial charge >= 0.3 is 0 Å². The molecule has 4 nitrogen and oxygen atoms in total. The van der Waals surface area contributed by atoms with Gasteiger partial charge in [0, 0.05) is 0 Å². The number of hydrogen-bond donors (Lipinski definition) is 2. The van der Waals surface area contributed by atoms with Crippen LogP contribution in [0.15, 0.2) is 0 Å². The first kappa shape index (κ1) is 49.8. The summed E-state index contributed by atoms with van der Waals surface area (Å²) >= 11 is 0. The minimum atomic E-state index is 0.821. The molecule has 0 rings (SSSR count). The molecule has 0 aliphatic heterocycles. The molecule has 0 radical (unpaired) electrons. The van der Waals surface area contributed by atoms with Crippen molar-refractivity contribution in [1.29, 1.82) is 0 Å². The summed E-state index contributed by atoms with van der Waals surface area (Å²) in [5.74, 6) is 0. The SMILES string of the molecule is CCCCCCCCCCCCCCCCCCN(CCCN)CCCCN(CCCN)CCCCCCCCCCCCCCCCCC. The lowest BCUT2D eigenvalue weighted by atomic mass is 10.0. The van der Waals surface area contributed by atoms with E-state index in [0.29, 0.717) is 0 Å². The first-order valence-electron chi connectivity index (χ1n) is 23.6. The minimum absolute atomic E-state index is 0.821. The molecule has 0 fully saturated rings. The maximum atomic E-state index is 5.90. The van der Waals surface area contributed by atoms with Crippen molar-refractivity contribution in [1.82, 2.24) is 9.80 Å². The Labute approximate surface area is 317 Å². The molecule has 0 aromatic carbocycles. The Morgan fingerprint density at radius 1 is 0.220 bits per heavy atom. The van der Waals surface area contributed by atoms with Gasteiger partial charge in [-0.2, -0.15) is 0 Å². The van der Waals surface area contributed by atoms with Crippen LogP contribution < -0.4 is 11.5 Å². The normalized spacial score (nSPS) is 11.9. The van der Waals surface area contributed by atoms with Crippen LogP contribution in [0.2, 0.25) is 0 Å². The molecule has 4 heteroatoms. The van der Waals surface area contributed by atoms with Crippen molar-refractivity contribution in [3.63, 3.8) is 0 Å². The van der Waals surface area contributed by atoms with Crippen LogP contribution in [0.5, 0.6) is 0 Å². The number of nitrogens with zero attached hydrogens (tertiary/aromatic N) is 2. The van der Waals surface area contributed by atoms with Crippen molar-refractivity contribution in [2.75, 3.05) is 52.4 Å². The Bertz CT molecular complexity index is 534. The quantitative estimate of drug-likeness (QED) is 0.0619. The molecule has 0 aliphatic carbocycles. The van der Waals surface area contributed by atoms with Crippen LogP contribution in [0.3, 0.4) is 0 Å². The second kappa shape index (κ2) is 45.0. The monoisotopic (exact) mass is 707 g/mol. The fourth-order valence-corrected chi connectivity index (χ4v) is 7.74. The third kappa shape index (κ3) is 40.6. The van der Waals surface area contributed by atoms with Gasteiger partial charge in [-0.25, -0.2) is 0 Å². The van der Waals surface area contributed by atoms with Gasteiger partial charge < -0.3 is 21.3 Å². The molecule has 0 atom stereocenters. The second-order valence-electron chi connectivity index (χ2n) is 16.3. The Morgan fingerprint density at radius 3 is 0.580 bits per heavy atom. The molecule has 0 unspecified atom stereocenters. The molecule has 0 amide bonds. The zero-order valence-electron chi connectivity index (χ0n) is 35.2. The van der Waals surface area contributed by atoms with E-state index in [9.17, 15) is 0 Å². The molecule has 0 spiro atoms. The van der Waals surface area contributed by atoms with Crippen LogP contribution in [0.25, 0.3) is 0 Å². The molecule has 0 aliphatic rings. The summed E-state index contributed by atoms with van der Waals surface area (Å²) in [5, 5.41) is 0. The molecule has 302 valence electrons. The van der Waals surface area contributed by atoms with Crippen LogP contribution in [0.1, 0.15) is 245 Å². The molecular weight excluding hydrogens is 609 g/mol. The predicted molar refractivity (Wildman–Crippen MR) is 229 cm³/mol. The number of nitrogens with two attached hydrogens (primary N) is 2. The topological polar surface area (TPSA) is 58.5 Å². The third-order valence-corrected chi connectivity index (χ3v) is 11.2. The fourth-order valence-electron chi connectivity index (χ4n) is 7.74. The van der Waals surface area contributed by atoms with Gasteiger partial charge in [-0.15, -0.1) is 0 Å². The smallest absolute Gasteiger partial charge is 0.000672 e. The highest BCUT2D eigenvalue weighted by Crippen LogP contribution is 2.16. The highest BCUT2D eigenvalue weighted by Gasteiger charge is 2.08. The van der Waals surface area contributed by atoms with Crippen molar-refractivity contribution < 1.29 is 0 Å². The lowest BCUT2D eigenvalue weighted by molar-refractivity contribution is 0.233. The summed E-state index contributed by atoms with van der Waals surface area (Å²) in [4.78, 5) is 5.44. The van der Waals surface area contributed by atoms with E-state index >= 15 is 0 Å². The van der Waals surface area contributed by atoms with Crippen molar-refractivity contribution in [2.24, 2.45) is 11.5 Å². The van der Waals surface area contributed by atoms with Crippen molar-refractivity contribution in [3.05, 3.63) is 0 Å². The molecule has 0 saturated carbocycles. The first-order chi connectivity index (χ1) is 24.8. The molecule has 0 heterocycles. The number of unbranched alkanes of at least 4 members (excludes halogenated alkanes) is 31. The van der Waals surface area contributed by atoms with Gasteiger partial charge in [0.15, 0.2) is 0 Å². The minimum Gasteiger partial charge on any atom is -0.330 e. The Morgan fingerprint density at radius 2 is 0.380 bits per heavy atom. The van der Waals surface area contributed by atoms with E-state index in [1.165, 1.54) is 258 Å². The molecular formula is C46H98N4. The highest BCUT2D eigenvalue weighted by molar-refractivity contribution is 4.64. The van der Waals surface area contributed by atoms with Gasteiger partial charge in [-0.1, -0.05) is 206 Å². The average molecular weight is 707 g/mol. The second-order valence-corrected chi connectivity index (χ2v) is 16.3. The van der Waals surface area contributed by atoms with Gasteiger partial charge in [-0.05, 0) is 90.9 Å².